The average Bonchev–Trinajstić information content (AvgIpc) is 3.41. The van der Waals surface area contributed by atoms with Gasteiger partial charge >= 0.3 is 18.4 Å². The molecule has 1 aromatic carbocycles. The molecule has 2 atom stereocenters. The lowest BCUT2D eigenvalue weighted by Crippen LogP contribution is -2.71. The summed E-state index contributed by atoms with van der Waals surface area (Å²) in [6.07, 6.45) is -7.00. The van der Waals surface area contributed by atoms with Gasteiger partial charge in [0.15, 0.2) is 23.0 Å². The standard InChI is InChI=1S/C28H25F5N4O5/c1-14(15-8-9-17-19(10-15)42-28(32,33)41-17)34-20-6-3-7-21(35-20)37-22-16(23(36-37)27(29,30)31)4-2-5-18(22)40-26-11-25(12-26,13-26)24(38)39/h3,6-10,14,18H,2,4-5,11-13H2,1H3,(H,34,35)(H,38,39)/t14-,18-,25?,26?/m0/s1. The third kappa shape index (κ3) is 4.26. The predicted molar refractivity (Wildman–Crippen MR) is 134 cm³/mol. The second-order valence-corrected chi connectivity index (χ2v) is 11.5. The fraction of sp³-hybridized carbons (Fsp3) is 0.464. The molecule has 42 heavy (non-hydrogen) atoms. The number of alkyl halides is 5. The summed E-state index contributed by atoms with van der Waals surface area (Å²) < 4.78 is 85.7. The maximum Gasteiger partial charge on any atom is 0.586 e. The number of rotatable bonds is 7. The van der Waals surface area contributed by atoms with E-state index in [4.69, 9.17) is 4.74 Å². The normalized spacial score (nSPS) is 27.4. The summed E-state index contributed by atoms with van der Waals surface area (Å²) in [6.45, 7) is 1.76. The smallest absolute Gasteiger partial charge is 0.481 e. The van der Waals surface area contributed by atoms with Gasteiger partial charge in [0.25, 0.3) is 0 Å². The zero-order valence-electron chi connectivity index (χ0n) is 22.2. The number of benzene rings is 1. The summed E-state index contributed by atoms with van der Waals surface area (Å²) in [7, 11) is 0. The first-order valence-corrected chi connectivity index (χ1v) is 13.5. The van der Waals surface area contributed by atoms with Gasteiger partial charge in [-0.3, -0.25) is 4.79 Å². The van der Waals surface area contributed by atoms with Crippen LogP contribution in [0.4, 0.5) is 27.8 Å². The number of halogens is 5. The zero-order valence-corrected chi connectivity index (χ0v) is 22.2. The van der Waals surface area contributed by atoms with E-state index in [1.165, 1.54) is 22.9 Å². The largest absolute Gasteiger partial charge is 0.586 e. The quantitative estimate of drug-likeness (QED) is 0.313. The summed E-state index contributed by atoms with van der Waals surface area (Å²) in [5.74, 6) is -0.618. The minimum Gasteiger partial charge on any atom is -0.481 e. The molecule has 0 spiro atoms. The highest BCUT2D eigenvalue weighted by molar-refractivity contribution is 5.79. The number of carboxylic acids is 1. The Bertz CT molecular complexity index is 1590. The van der Waals surface area contributed by atoms with Crippen LogP contribution in [0.25, 0.3) is 5.82 Å². The van der Waals surface area contributed by atoms with E-state index < -0.39 is 47.3 Å². The molecule has 9 nitrogen and oxygen atoms in total. The fourth-order valence-electron chi connectivity index (χ4n) is 6.67. The van der Waals surface area contributed by atoms with E-state index in [-0.39, 0.29) is 35.0 Å². The Balaban J connectivity index is 1.18. The Morgan fingerprint density at radius 3 is 2.62 bits per heavy atom. The van der Waals surface area contributed by atoms with Crippen LogP contribution in [0.3, 0.4) is 0 Å². The monoisotopic (exact) mass is 592 g/mol. The van der Waals surface area contributed by atoms with Gasteiger partial charge in [-0.05, 0) is 75.3 Å². The van der Waals surface area contributed by atoms with Crippen molar-refractivity contribution in [1.29, 1.82) is 0 Å². The number of carboxylic acid groups (broad SMARTS) is 1. The van der Waals surface area contributed by atoms with Gasteiger partial charge in [0.2, 0.25) is 0 Å². The molecule has 0 amide bonds. The summed E-state index contributed by atoms with van der Waals surface area (Å²) in [4.78, 5) is 16.1. The Labute approximate surface area is 235 Å². The maximum absolute atomic E-state index is 14.1. The van der Waals surface area contributed by atoms with Crippen LogP contribution in [-0.4, -0.2) is 37.7 Å². The summed E-state index contributed by atoms with van der Waals surface area (Å²) in [5, 5.41) is 16.6. The number of aromatic nitrogens is 3. The van der Waals surface area contributed by atoms with Gasteiger partial charge in [0.05, 0.1) is 22.8 Å². The fourth-order valence-corrected chi connectivity index (χ4v) is 6.67. The Hall–Kier alpha value is -3.94. The molecular formula is C28H25F5N4O5. The van der Waals surface area contributed by atoms with Crippen LogP contribution in [0.5, 0.6) is 11.5 Å². The number of aliphatic carboxylic acids is 1. The van der Waals surface area contributed by atoms with Crippen LogP contribution in [0.15, 0.2) is 36.4 Å². The molecule has 222 valence electrons. The van der Waals surface area contributed by atoms with Crippen molar-refractivity contribution in [3.05, 3.63) is 58.9 Å². The van der Waals surface area contributed by atoms with Crippen LogP contribution >= 0.6 is 0 Å². The van der Waals surface area contributed by atoms with Crippen molar-refractivity contribution >= 4 is 11.8 Å². The summed E-state index contributed by atoms with van der Waals surface area (Å²) in [6, 6.07) is 8.71. The molecule has 3 heterocycles. The third-order valence-electron chi connectivity index (χ3n) is 8.56. The van der Waals surface area contributed by atoms with E-state index in [1.54, 1.807) is 25.1 Å². The highest BCUT2D eigenvalue weighted by Gasteiger charge is 2.73. The van der Waals surface area contributed by atoms with Crippen molar-refractivity contribution in [1.82, 2.24) is 14.8 Å². The number of anilines is 1. The lowest BCUT2D eigenvalue weighted by atomic mass is 9.41. The number of hydrogen-bond acceptors (Lipinski definition) is 7. The second-order valence-electron chi connectivity index (χ2n) is 11.5. The topological polar surface area (TPSA) is 108 Å². The van der Waals surface area contributed by atoms with Crippen LogP contribution in [0, 0.1) is 5.41 Å². The second kappa shape index (κ2) is 8.79. The molecule has 2 bridgehead atoms. The first kappa shape index (κ1) is 26.9. The number of nitrogens with zero attached hydrogens (tertiary/aromatic N) is 3. The molecule has 1 aliphatic heterocycles. The van der Waals surface area contributed by atoms with Crippen molar-refractivity contribution < 1.29 is 46.1 Å². The van der Waals surface area contributed by atoms with Gasteiger partial charge < -0.3 is 24.6 Å². The molecule has 4 aliphatic carbocycles. The van der Waals surface area contributed by atoms with Crippen molar-refractivity contribution in [3.63, 3.8) is 0 Å². The zero-order chi connectivity index (χ0) is 29.7. The lowest BCUT2D eigenvalue weighted by molar-refractivity contribution is -0.300. The number of carbonyl (C=O) groups is 1. The number of pyridine rings is 1. The van der Waals surface area contributed by atoms with Gasteiger partial charge in [-0.1, -0.05) is 12.1 Å². The molecule has 0 unspecified atom stereocenters. The van der Waals surface area contributed by atoms with Gasteiger partial charge in [0.1, 0.15) is 11.9 Å². The van der Waals surface area contributed by atoms with Gasteiger partial charge in [0, 0.05) is 5.56 Å². The lowest BCUT2D eigenvalue weighted by Gasteiger charge is -2.67. The molecule has 0 radical (unpaired) electrons. The highest BCUT2D eigenvalue weighted by Crippen LogP contribution is 2.70. The molecule has 3 fully saturated rings. The minimum absolute atomic E-state index is 0.0592. The van der Waals surface area contributed by atoms with E-state index in [9.17, 15) is 31.9 Å². The van der Waals surface area contributed by atoms with Crippen LogP contribution in [0.2, 0.25) is 0 Å². The average molecular weight is 593 g/mol. The van der Waals surface area contributed by atoms with E-state index in [0.717, 1.165) is 0 Å². The SMILES string of the molecule is C[C@H](Nc1cccc(-n2nc(C(F)(F)F)c3c2[C@@H](OC24CC(C(=O)O)(C2)C4)CCC3)n1)c1ccc2c(c1)OC(F)(F)O2. The molecule has 2 aromatic heterocycles. The van der Waals surface area contributed by atoms with Crippen molar-refractivity contribution in [2.45, 2.75) is 75.7 Å². The van der Waals surface area contributed by atoms with E-state index in [1.807, 2.05) is 0 Å². The number of fused-ring (bicyclic) bond motifs is 2. The number of hydrogen-bond donors (Lipinski definition) is 2. The maximum atomic E-state index is 14.1. The summed E-state index contributed by atoms with van der Waals surface area (Å²) in [5.41, 5.74) is -1.50. The van der Waals surface area contributed by atoms with Crippen LogP contribution in [0.1, 0.15) is 73.7 Å². The Morgan fingerprint density at radius 1 is 1.17 bits per heavy atom. The van der Waals surface area contributed by atoms with Crippen LogP contribution in [-0.2, 0) is 22.1 Å². The molecule has 3 aromatic rings. The van der Waals surface area contributed by atoms with E-state index in [2.05, 4.69) is 24.9 Å². The van der Waals surface area contributed by atoms with Gasteiger partial charge in [-0.25, -0.2) is 9.67 Å². The first-order chi connectivity index (χ1) is 19.8. The van der Waals surface area contributed by atoms with Crippen molar-refractivity contribution in [2.75, 3.05) is 5.32 Å². The first-order valence-electron chi connectivity index (χ1n) is 13.5. The van der Waals surface area contributed by atoms with Gasteiger partial charge in [-0.15, -0.1) is 8.78 Å². The van der Waals surface area contributed by atoms with E-state index in [0.29, 0.717) is 43.5 Å². The highest BCUT2D eigenvalue weighted by atomic mass is 19.4. The molecule has 2 N–H and O–H groups in total. The number of nitrogens with one attached hydrogen (secondary N) is 1. The molecule has 5 aliphatic rings. The molecule has 8 rings (SSSR count). The number of ether oxygens (including phenoxy) is 3. The van der Waals surface area contributed by atoms with Crippen molar-refractivity contribution in [2.24, 2.45) is 5.41 Å². The molecular weight excluding hydrogens is 567 g/mol. The van der Waals surface area contributed by atoms with Gasteiger partial charge in [-0.2, -0.15) is 18.3 Å². The summed E-state index contributed by atoms with van der Waals surface area (Å²) >= 11 is 0. The molecule has 0 saturated heterocycles. The van der Waals surface area contributed by atoms with Crippen LogP contribution < -0.4 is 14.8 Å². The molecule has 3 saturated carbocycles. The van der Waals surface area contributed by atoms with E-state index >= 15 is 0 Å². The van der Waals surface area contributed by atoms with Crippen molar-refractivity contribution in [3.8, 4) is 17.3 Å². The molecule has 14 heteroatoms. The predicted octanol–water partition coefficient (Wildman–Crippen LogP) is 6.18. The minimum atomic E-state index is -4.69. The Morgan fingerprint density at radius 2 is 1.90 bits per heavy atom. The third-order valence-corrected chi connectivity index (χ3v) is 8.56. The Kier molecular flexibility index (Phi) is 5.63.